The number of Topliss-reactive ketones (excluding diaryl/α,β-unsaturated/α-hetero) is 1. The summed E-state index contributed by atoms with van der Waals surface area (Å²) < 4.78 is 3.18. The van der Waals surface area contributed by atoms with Gasteiger partial charge in [0.25, 0.3) is 0 Å². The van der Waals surface area contributed by atoms with Gasteiger partial charge in [-0.3, -0.25) is 4.79 Å². The highest BCUT2D eigenvalue weighted by Gasteiger charge is 2.17. The van der Waals surface area contributed by atoms with Crippen LogP contribution in [0.15, 0.2) is 48.0 Å². The fraction of sp³-hybridized carbons (Fsp3) is 0.125. The van der Waals surface area contributed by atoms with Crippen molar-refractivity contribution in [2.24, 2.45) is 0 Å². The Balaban J connectivity index is 1.90. The SMILES string of the molecule is Cc1c2sccc2cc[n+]1CC(=O)c1ccc(O)cc1. The molecule has 2 aromatic heterocycles. The predicted molar refractivity (Wildman–Crippen MR) is 79.2 cm³/mol. The Morgan fingerprint density at radius 1 is 1.20 bits per heavy atom. The van der Waals surface area contributed by atoms with E-state index in [1.54, 1.807) is 23.5 Å². The van der Waals surface area contributed by atoms with Crippen molar-refractivity contribution < 1.29 is 14.5 Å². The van der Waals surface area contributed by atoms with E-state index in [0.717, 1.165) is 5.69 Å². The van der Waals surface area contributed by atoms with Gasteiger partial charge in [-0.05, 0) is 35.7 Å². The number of hydrogen-bond donors (Lipinski definition) is 1. The first-order valence-electron chi connectivity index (χ1n) is 6.33. The van der Waals surface area contributed by atoms with Crippen LogP contribution in [0.5, 0.6) is 5.75 Å². The minimum absolute atomic E-state index is 0.0361. The van der Waals surface area contributed by atoms with Crippen LogP contribution in [0.1, 0.15) is 16.1 Å². The van der Waals surface area contributed by atoms with Gasteiger partial charge in [-0.2, -0.15) is 4.57 Å². The number of rotatable bonds is 3. The molecule has 3 rings (SSSR count). The van der Waals surface area contributed by atoms with Crippen molar-refractivity contribution in [3.8, 4) is 5.75 Å². The van der Waals surface area contributed by atoms with Crippen molar-refractivity contribution in [3.63, 3.8) is 0 Å². The molecule has 3 nitrogen and oxygen atoms in total. The summed E-state index contributed by atoms with van der Waals surface area (Å²) in [6, 6.07) is 10.5. The third-order valence-electron chi connectivity index (χ3n) is 3.39. The lowest BCUT2D eigenvalue weighted by Crippen LogP contribution is -2.40. The fourth-order valence-corrected chi connectivity index (χ4v) is 3.13. The van der Waals surface area contributed by atoms with Crippen LogP contribution in [0, 0.1) is 6.92 Å². The molecule has 4 heteroatoms. The third-order valence-corrected chi connectivity index (χ3v) is 4.43. The van der Waals surface area contributed by atoms with E-state index < -0.39 is 0 Å². The van der Waals surface area contributed by atoms with Gasteiger partial charge in [0.2, 0.25) is 12.3 Å². The zero-order valence-electron chi connectivity index (χ0n) is 11.0. The normalized spacial score (nSPS) is 10.8. The summed E-state index contributed by atoms with van der Waals surface area (Å²) in [4.78, 5) is 12.3. The lowest BCUT2D eigenvalue weighted by Gasteiger charge is -2.02. The van der Waals surface area contributed by atoms with Gasteiger partial charge < -0.3 is 5.11 Å². The first-order chi connectivity index (χ1) is 9.65. The van der Waals surface area contributed by atoms with Gasteiger partial charge in [-0.25, -0.2) is 0 Å². The second-order valence-electron chi connectivity index (χ2n) is 4.70. The average Bonchev–Trinajstić information content (AvgIpc) is 2.92. The van der Waals surface area contributed by atoms with Gasteiger partial charge in [0.05, 0.1) is 0 Å². The third kappa shape index (κ3) is 2.30. The molecule has 1 aromatic carbocycles. The molecule has 0 radical (unpaired) electrons. The zero-order chi connectivity index (χ0) is 14.1. The molecule has 0 aliphatic rings. The fourth-order valence-electron chi connectivity index (χ4n) is 2.22. The predicted octanol–water partition coefficient (Wildman–Crippen LogP) is 3.09. The average molecular weight is 284 g/mol. The van der Waals surface area contributed by atoms with Crippen molar-refractivity contribution in [1.82, 2.24) is 0 Å². The molecule has 3 aromatic rings. The standard InChI is InChI=1S/C16H13NO2S/c1-11-16-13(7-9-20-16)6-8-17(11)10-15(19)12-2-4-14(18)5-3-12/h2-9H,10H2,1H3/p+1. The molecule has 20 heavy (non-hydrogen) atoms. The van der Waals surface area contributed by atoms with Crippen molar-refractivity contribution in [2.45, 2.75) is 13.5 Å². The number of phenols is 1. The van der Waals surface area contributed by atoms with Crippen LogP contribution in [0.2, 0.25) is 0 Å². The van der Waals surface area contributed by atoms with E-state index in [4.69, 9.17) is 0 Å². The molecule has 2 heterocycles. The van der Waals surface area contributed by atoms with Crippen molar-refractivity contribution in [1.29, 1.82) is 0 Å². The van der Waals surface area contributed by atoms with E-state index >= 15 is 0 Å². The molecule has 1 N–H and O–H groups in total. The number of ketones is 1. The first-order valence-corrected chi connectivity index (χ1v) is 7.21. The monoisotopic (exact) mass is 284 g/mol. The Hall–Kier alpha value is -2.20. The van der Waals surface area contributed by atoms with Gasteiger partial charge >= 0.3 is 0 Å². The van der Waals surface area contributed by atoms with Gasteiger partial charge in [-0.15, -0.1) is 11.3 Å². The highest BCUT2D eigenvalue weighted by molar-refractivity contribution is 7.17. The maximum atomic E-state index is 12.3. The summed E-state index contributed by atoms with van der Waals surface area (Å²) in [5.41, 5.74) is 1.71. The number of nitrogens with zero attached hydrogens (tertiary/aromatic N) is 1. The summed E-state index contributed by atoms with van der Waals surface area (Å²) in [6.07, 6.45) is 1.95. The molecular formula is C16H14NO2S+. The van der Waals surface area contributed by atoms with Crippen LogP contribution < -0.4 is 4.57 Å². The minimum Gasteiger partial charge on any atom is -0.508 e. The molecule has 0 bridgehead atoms. The molecule has 0 spiro atoms. The van der Waals surface area contributed by atoms with Gasteiger partial charge in [0, 0.05) is 23.9 Å². The maximum absolute atomic E-state index is 12.3. The molecular weight excluding hydrogens is 270 g/mol. The minimum atomic E-state index is 0.0361. The summed E-state index contributed by atoms with van der Waals surface area (Å²) in [5, 5.41) is 12.5. The largest absolute Gasteiger partial charge is 0.508 e. The molecule has 0 atom stereocenters. The Morgan fingerprint density at radius 2 is 1.95 bits per heavy atom. The number of carbonyl (C=O) groups excluding carboxylic acids is 1. The van der Waals surface area contributed by atoms with Crippen molar-refractivity contribution in [3.05, 3.63) is 59.2 Å². The summed E-state index contributed by atoms with van der Waals surface area (Å²) in [5.74, 6) is 0.208. The molecule has 0 fully saturated rings. The number of phenolic OH excluding ortho intramolecular Hbond substituents is 1. The first kappa shape index (κ1) is 12.8. The lowest BCUT2D eigenvalue weighted by atomic mass is 10.1. The van der Waals surface area contributed by atoms with E-state index in [2.05, 4.69) is 11.4 Å². The number of aryl methyl sites for hydroxylation is 1. The maximum Gasteiger partial charge on any atom is 0.227 e. The summed E-state index contributed by atoms with van der Waals surface area (Å²) in [6.45, 7) is 2.34. The number of carbonyl (C=O) groups is 1. The Labute approximate surface area is 120 Å². The highest BCUT2D eigenvalue weighted by atomic mass is 32.1. The summed E-state index contributed by atoms with van der Waals surface area (Å²) in [7, 11) is 0. The van der Waals surface area contributed by atoms with Crippen LogP contribution in [0.3, 0.4) is 0 Å². The highest BCUT2D eigenvalue weighted by Crippen LogP contribution is 2.21. The molecule has 0 amide bonds. The van der Waals surface area contributed by atoms with Gasteiger partial charge in [0.1, 0.15) is 10.4 Å². The molecule has 100 valence electrons. The van der Waals surface area contributed by atoms with Crippen molar-refractivity contribution >= 4 is 27.2 Å². The van der Waals surface area contributed by atoms with E-state index in [1.807, 2.05) is 23.8 Å². The number of pyridine rings is 1. The Bertz CT molecular complexity index is 775. The van der Waals surface area contributed by atoms with E-state index in [-0.39, 0.29) is 11.5 Å². The smallest absolute Gasteiger partial charge is 0.227 e. The number of fused-ring (bicyclic) bond motifs is 1. The lowest BCUT2D eigenvalue weighted by molar-refractivity contribution is -0.687. The number of benzene rings is 1. The van der Waals surface area contributed by atoms with Crippen LogP contribution in [0.25, 0.3) is 10.1 Å². The Kier molecular flexibility index (Phi) is 3.24. The van der Waals surface area contributed by atoms with E-state index in [9.17, 15) is 9.90 Å². The second kappa shape index (κ2) is 5.06. The molecule has 0 saturated carbocycles. The van der Waals surface area contributed by atoms with Crippen LogP contribution in [-0.2, 0) is 6.54 Å². The second-order valence-corrected chi connectivity index (χ2v) is 5.62. The number of aromatic hydroxyl groups is 1. The van der Waals surface area contributed by atoms with Crippen LogP contribution in [-0.4, -0.2) is 10.9 Å². The van der Waals surface area contributed by atoms with Crippen LogP contribution in [0.4, 0.5) is 0 Å². The molecule has 0 aliphatic carbocycles. The zero-order valence-corrected chi connectivity index (χ0v) is 11.9. The summed E-state index contributed by atoms with van der Waals surface area (Å²) >= 11 is 1.69. The molecule has 0 aliphatic heterocycles. The quantitative estimate of drug-likeness (QED) is 0.593. The van der Waals surface area contributed by atoms with Crippen LogP contribution >= 0.6 is 11.3 Å². The molecule has 0 unspecified atom stereocenters. The van der Waals surface area contributed by atoms with E-state index in [1.165, 1.54) is 22.2 Å². The van der Waals surface area contributed by atoms with Crippen molar-refractivity contribution in [2.75, 3.05) is 0 Å². The number of thiophene rings is 1. The number of aromatic nitrogens is 1. The topological polar surface area (TPSA) is 41.2 Å². The van der Waals surface area contributed by atoms with Gasteiger partial charge in [-0.1, -0.05) is 0 Å². The Morgan fingerprint density at radius 3 is 2.70 bits per heavy atom. The number of hydrogen-bond acceptors (Lipinski definition) is 3. The van der Waals surface area contributed by atoms with E-state index in [0.29, 0.717) is 12.1 Å². The molecule has 0 saturated heterocycles. The van der Waals surface area contributed by atoms with Gasteiger partial charge in [0.15, 0.2) is 11.9 Å².